The third kappa shape index (κ3) is 12.1. The summed E-state index contributed by atoms with van der Waals surface area (Å²) in [6.45, 7) is 3.89. The van der Waals surface area contributed by atoms with Crippen LogP contribution >= 0.6 is 0 Å². The van der Waals surface area contributed by atoms with Gasteiger partial charge < -0.3 is 28.4 Å². The lowest BCUT2D eigenvalue weighted by Crippen LogP contribution is -2.54. The van der Waals surface area contributed by atoms with Gasteiger partial charge in [0, 0.05) is 18.9 Å². The van der Waals surface area contributed by atoms with Gasteiger partial charge in [-0.1, -0.05) is 55.1 Å². The Balaban J connectivity index is 1.36. The Morgan fingerprint density at radius 2 is 0.930 bits per heavy atom. The Bertz CT molecular complexity index is 1930. The first-order valence-electron chi connectivity index (χ1n) is 17.2. The molecule has 16 heteroatoms. The Morgan fingerprint density at radius 1 is 0.544 bits per heavy atom. The van der Waals surface area contributed by atoms with Gasteiger partial charge >= 0.3 is 30.3 Å². The van der Waals surface area contributed by atoms with E-state index in [4.69, 9.17) is 23.7 Å². The van der Waals surface area contributed by atoms with Gasteiger partial charge in [-0.3, -0.25) is 14.4 Å². The molecule has 0 fully saturated rings. The van der Waals surface area contributed by atoms with Gasteiger partial charge in [0.1, 0.15) is 49.4 Å². The fraction of sp³-hybridized carbons (Fsp3) is 0.268. The number of ether oxygens (including phenoxy) is 6. The van der Waals surface area contributed by atoms with Crippen molar-refractivity contribution < 1.29 is 73.9 Å². The molecule has 4 aromatic rings. The summed E-state index contributed by atoms with van der Waals surface area (Å²) in [6.07, 6.45) is -10.6. The van der Waals surface area contributed by atoms with E-state index in [1.54, 1.807) is 48.5 Å². The van der Waals surface area contributed by atoms with Crippen LogP contribution in [0.5, 0.6) is 23.0 Å². The Hall–Kier alpha value is -6.32. The number of hydrogen-bond acceptors (Lipinski definition) is 10. The van der Waals surface area contributed by atoms with Crippen molar-refractivity contribution in [1.29, 1.82) is 0 Å². The Labute approximate surface area is 322 Å². The molecular formula is C41H36F6O10. The molecule has 10 nitrogen and oxygen atoms in total. The third-order valence-corrected chi connectivity index (χ3v) is 8.27. The van der Waals surface area contributed by atoms with Crippen molar-refractivity contribution in [2.45, 2.75) is 43.5 Å². The summed E-state index contributed by atoms with van der Waals surface area (Å²) in [6, 6.07) is 19.0. The summed E-state index contributed by atoms with van der Waals surface area (Å²) in [7, 11) is 0. The lowest BCUT2D eigenvalue weighted by atomic mass is 9.73. The van der Waals surface area contributed by atoms with Crippen LogP contribution in [-0.2, 0) is 46.9 Å². The van der Waals surface area contributed by atoms with Crippen LogP contribution in [0.2, 0.25) is 0 Å². The number of esters is 3. The summed E-state index contributed by atoms with van der Waals surface area (Å²) in [5, 5.41) is 0. The monoisotopic (exact) mass is 802 g/mol. The molecule has 0 aliphatic rings. The van der Waals surface area contributed by atoms with E-state index in [2.05, 4.69) is 11.3 Å². The van der Waals surface area contributed by atoms with E-state index in [-0.39, 0.29) is 63.6 Å². The molecule has 0 amide bonds. The van der Waals surface area contributed by atoms with Gasteiger partial charge in [0.2, 0.25) is 5.41 Å². The predicted octanol–water partition coefficient (Wildman–Crippen LogP) is 7.83. The van der Waals surface area contributed by atoms with Crippen LogP contribution < -0.4 is 18.9 Å². The minimum Gasteiger partial charge on any atom is -0.490 e. The molecule has 0 saturated heterocycles. The zero-order valence-corrected chi connectivity index (χ0v) is 30.1. The molecule has 4 rings (SSSR count). The van der Waals surface area contributed by atoms with E-state index in [0.717, 1.165) is 35.9 Å². The van der Waals surface area contributed by atoms with Crippen LogP contribution in [-0.4, -0.2) is 63.2 Å². The van der Waals surface area contributed by atoms with Crippen LogP contribution in [0.1, 0.15) is 35.1 Å². The quantitative estimate of drug-likeness (QED) is 0.0218. The molecule has 0 spiro atoms. The molecule has 57 heavy (non-hydrogen) atoms. The maximum absolute atomic E-state index is 14.7. The number of aryl methyl sites for hydroxylation is 2. The average molecular weight is 803 g/mol. The molecule has 0 radical (unpaired) electrons. The lowest BCUT2D eigenvalue weighted by Gasteiger charge is -2.38. The first-order chi connectivity index (χ1) is 27.2. The largest absolute Gasteiger partial charge is 0.490 e. The molecule has 0 aliphatic carbocycles. The van der Waals surface area contributed by atoms with Gasteiger partial charge in [-0.15, -0.1) is 0 Å². The fourth-order valence-electron chi connectivity index (χ4n) is 5.51. The summed E-state index contributed by atoms with van der Waals surface area (Å²) in [5.74, 6) is -1.71. The maximum Gasteiger partial charge on any atom is 0.411 e. The second-order valence-corrected chi connectivity index (χ2v) is 12.1. The summed E-state index contributed by atoms with van der Waals surface area (Å²) in [5.41, 5.74) is -5.42. The van der Waals surface area contributed by atoms with Gasteiger partial charge in [-0.25, -0.2) is 4.79 Å². The van der Waals surface area contributed by atoms with E-state index >= 15 is 0 Å². The summed E-state index contributed by atoms with van der Waals surface area (Å²) in [4.78, 5) is 46.2. The first-order valence-corrected chi connectivity index (χ1v) is 17.2. The summed E-state index contributed by atoms with van der Waals surface area (Å²) < 4.78 is 119. The Kier molecular flexibility index (Phi) is 15.2. The second kappa shape index (κ2) is 20.0. The predicted molar refractivity (Wildman–Crippen MR) is 191 cm³/mol. The Morgan fingerprint density at radius 3 is 1.30 bits per heavy atom. The van der Waals surface area contributed by atoms with Gasteiger partial charge in [-0.05, 0) is 83.6 Å². The molecule has 4 aromatic carbocycles. The highest BCUT2D eigenvalue weighted by Gasteiger charge is 2.72. The molecular weight excluding hydrogens is 766 g/mol. The molecule has 0 unspecified atom stereocenters. The molecule has 0 N–H and O–H groups in total. The van der Waals surface area contributed by atoms with Gasteiger partial charge in [0.05, 0.1) is 0 Å². The fourth-order valence-corrected chi connectivity index (χ4v) is 5.51. The van der Waals surface area contributed by atoms with E-state index in [0.29, 0.717) is 47.8 Å². The van der Waals surface area contributed by atoms with E-state index in [1.807, 2.05) is 0 Å². The molecule has 302 valence electrons. The van der Waals surface area contributed by atoms with Gasteiger partial charge in [-0.2, -0.15) is 26.3 Å². The van der Waals surface area contributed by atoms with Crippen LogP contribution in [0.15, 0.2) is 110 Å². The number of hydrogen-bond donors (Lipinski definition) is 0. The van der Waals surface area contributed by atoms with Crippen molar-refractivity contribution in [1.82, 2.24) is 0 Å². The molecule has 0 saturated carbocycles. The highest BCUT2D eigenvalue weighted by atomic mass is 19.4. The molecule has 0 atom stereocenters. The molecule has 0 heterocycles. The minimum atomic E-state index is -5.88. The van der Waals surface area contributed by atoms with Crippen LogP contribution in [0, 0.1) is 0 Å². The van der Waals surface area contributed by atoms with Crippen molar-refractivity contribution in [3.05, 3.63) is 132 Å². The first kappa shape index (κ1) is 43.4. The summed E-state index contributed by atoms with van der Waals surface area (Å²) >= 11 is 0. The number of alkyl halides is 6. The zero-order valence-electron chi connectivity index (χ0n) is 30.1. The molecule has 0 aromatic heterocycles. The SMILES string of the molecule is C=CC(=O)OCCOc1ccc(CCC(=O)Oc2ccc(C(c3ccc(OC(=O)CCc4ccc(OCCOC=O)cc4)cc3)(C(F)(F)F)C(F)(F)F)cc2)cc1. The molecule has 0 aliphatic heterocycles. The highest BCUT2D eigenvalue weighted by Crippen LogP contribution is 2.56. The smallest absolute Gasteiger partial charge is 0.411 e. The topological polar surface area (TPSA) is 124 Å². The van der Waals surface area contributed by atoms with E-state index in [1.165, 1.54) is 0 Å². The number of rotatable bonds is 20. The number of carbonyl (C=O) groups is 4. The van der Waals surface area contributed by atoms with Gasteiger partial charge in [0.25, 0.3) is 6.47 Å². The standard InChI is InChI=1S/C41H36F6O10/c1-2-36(49)55-26-25-54-33-15-5-29(6-16-33)8-22-38(51)57-35-19-11-31(12-20-35)39(40(42,43)44,41(45,46)47)30-9-17-34(18-10-30)56-37(50)21-7-28-3-13-32(14-4-28)53-24-23-52-27-48/h2-6,9-20,27H,1,7-8,21-26H2. The van der Waals surface area contributed by atoms with Crippen molar-refractivity contribution in [3.63, 3.8) is 0 Å². The van der Waals surface area contributed by atoms with Gasteiger partial charge in [0.15, 0.2) is 0 Å². The average Bonchev–Trinajstić information content (AvgIpc) is 3.18. The lowest BCUT2D eigenvalue weighted by molar-refractivity contribution is -0.288. The second-order valence-electron chi connectivity index (χ2n) is 12.1. The minimum absolute atomic E-state index is 0.0134. The van der Waals surface area contributed by atoms with Crippen LogP contribution in [0.3, 0.4) is 0 Å². The van der Waals surface area contributed by atoms with Crippen molar-refractivity contribution in [2.24, 2.45) is 0 Å². The van der Waals surface area contributed by atoms with E-state index < -0.39 is 46.8 Å². The van der Waals surface area contributed by atoms with E-state index in [9.17, 15) is 45.5 Å². The number of benzene rings is 4. The number of halogens is 6. The zero-order chi connectivity index (χ0) is 41.5. The highest BCUT2D eigenvalue weighted by molar-refractivity contribution is 5.81. The maximum atomic E-state index is 14.7. The van der Waals surface area contributed by atoms with Crippen molar-refractivity contribution >= 4 is 24.4 Å². The number of carbonyl (C=O) groups excluding carboxylic acids is 4. The molecule has 0 bridgehead atoms. The van der Waals surface area contributed by atoms with Crippen LogP contribution in [0.25, 0.3) is 0 Å². The van der Waals surface area contributed by atoms with Crippen LogP contribution in [0.4, 0.5) is 26.3 Å². The van der Waals surface area contributed by atoms with Crippen molar-refractivity contribution in [3.8, 4) is 23.0 Å². The normalized spacial score (nSPS) is 11.5. The van der Waals surface area contributed by atoms with Crippen molar-refractivity contribution in [2.75, 3.05) is 26.4 Å². The third-order valence-electron chi connectivity index (χ3n) is 8.27.